The van der Waals surface area contributed by atoms with Crippen molar-refractivity contribution in [2.24, 2.45) is 0 Å². The number of nitrogen functional groups attached to an aromatic ring is 1. The minimum atomic E-state index is -0.0324. The quantitative estimate of drug-likeness (QED) is 0.824. The normalized spacial score (nSPS) is 14.1. The summed E-state index contributed by atoms with van der Waals surface area (Å²) in [6, 6.07) is 11.4. The molecule has 1 saturated carbocycles. The average Bonchev–Trinajstić information content (AvgIpc) is 3.23. The first-order valence-electron chi connectivity index (χ1n) is 6.35. The zero-order valence-electron chi connectivity index (χ0n) is 10.5. The van der Waals surface area contributed by atoms with E-state index in [1.165, 1.54) is 0 Å². The molecule has 0 saturated heterocycles. The van der Waals surface area contributed by atoms with Crippen LogP contribution in [0, 0.1) is 0 Å². The van der Waals surface area contributed by atoms with Crippen molar-refractivity contribution in [1.29, 1.82) is 0 Å². The minimum Gasteiger partial charge on any atom is -0.399 e. The average molecular weight is 253 g/mol. The van der Waals surface area contributed by atoms with E-state index in [2.05, 4.69) is 10.3 Å². The second kappa shape index (κ2) is 4.72. The Morgan fingerprint density at radius 2 is 2.11 bits per heavy atom. The highest BCUT2D eigenvalue weighted by Crippen LogP contribution is 2.22. The van der Waals surface area contributed by atoms with Crippen LogP contribution in [-0.2, 0) is 0 Å². The van der Waals surface area contributed by atoms with Crippen molar-refractivity contribution in [2.45, 2.75) is 18.9 Å². The molecule has 0 atom stereocenters. The summed E-state index contributed by atoms with van der Waals surface area (Å²) >= 11 is 0. The monoisotopic (exact) mass is 253 g/mol. The second-order valence-electron chi connectivity index (χ2n) is 4.80. The molecular weight excluding hydrogens is 238 g/mol. The molecule has 19 heavy (non-hydrogen) atoms. The van der Waals surface area contributed by atoms with E-state index < -0.39 is 0 Å². The fourth-order valence-corrected chi connectivity index (χ4v) is 1.92. The van der Waals surface area contributed by atoms with Gasteiger partial charge in [-0.1, -0.05) is 12.1 Å². The van der Waals surface area contributed by atoms with Gasteiger partial charge >= 0.3 is 0 Å². The number of hydrogen-bond acceptors (Lipinski definition) is 3. The van der Waals surface area contributed by atoms with Crippen LogP contribution in [0.25, 0.3) is 11.3 Å². The van der Waals surface area contributed by atoms with Crippen LogP contribution in [0.5, 0.6) is 0 Å². The van der Waals surface area contributed by atoms with Crippen molar-refractivity contribution in [3.63, 3.8) is 0 Å². The van der Waals surface area contributed by atoms with Crippen molar-refractivity contribution in [1.82, 2.24) is 10.3 Å². The van der Waals surface area contributed by atoms with Gasteiger partial charge in [-0.25, -0.2) is 0 Å². The molecule has 3 N–H and O–H groups in total. The van der Waals surface area contributed by atoms with Crippen LogP contribution < -0.4 is 11.1 Å². The summed E-state index contributed by atoms with van der Waals surface area (Å²) in [5.74, 6) is -0.0324. The van der Waals surface area contributed by atoms with E-state index in [4.69, 9.17) is 5.73 Å². The Kier molecular flexibility index (Phi) is 2.91. The van der Waals surface area contributed by atoms with Crippen molar-refractivity contribution >= 4 is 11.6 Å². The number of anilines is 1. The standard InChI is InChI=1S/C15H15N3O/c16-12-3-1-2-10(8-12)14-9-11(6-7-17-14)15(19)18-13-4-5-13/h1-3,6-9,13H,4-5,16H2,(H,18,19). The Bertz CT molecular complexity index is 620. The topological polar surface area (TPSA) is 68.0 Å². The third-order valence-corrected chi connectivity index (χ3v) is 3.12. The predicted molar refractivity (Wildman–Crippen MR) is 74.6 cm³/mol. The number of rotatable bonds is 3. The number of carbonyl (C=O) groups excluding carboxylic acids is 1. The van der Waals surface area contributed by atoms with Crippen molar-refractivity contribution < 1.29 is 4.79 Å². The van der Waals surface area contributed by atoms with E-state index in [-0.39, 0.29) is 5.91 Å². The molecule has 2 aromatic rings. The van der Waals surface area contributed by atoms with Gasteiger partial charge in [-0.3, -0.25) is 9.78 Å². The summed E-state index contributed by atoms with van der Waals surface area (Å²) in [6.07, 6.45) is 3.82. The molecule has 0 unspecified atom stereocenters. The third kappa shape index (κ3) is 2.73. The molecule has 1 aromatic heterocycles. The Hall–Kier alpha value is -2.36. The van der Waals surface area contributed by atoms with Crippen LogP contribution in [0.3, 0.4) is 0 Å². The van der Waals surface area contributed by atoms with Gasteiger partial charge in [-0.05, 0) is 37.1 Å². The highest BCUT2D eigenvalue weighted by Gasteiger charge is 2.23. The van der Waals surface area contributed by atoms with E-state index in [9.17, 15) is 4.79 Å². The smallest absolute Gasteiger partial charge is 0.251 e. The van der Waals surface area contributed by atoms with E-state index in [1.54, 1.807) is 18.3 Å². The van der Waals surface area contributed by atoms with Gasteiger partial charge in [0.15, 0.2) is 0 Å². The maximum atomic E-state index is 12.0. The van der Waals surface area contributed by atoms with Crippen molar-refractivity contribution in [3.8, 4) is 11.3 Å². The lowest BCUT2D eigenvalue weighted by molar-refractivity contribution is 0.0951. The van der Waals surface area contributed by atoms with Gasteiger partial charge in [0, 0.05) is 29.1 Å². The van der Waals surface area contributed by atoms with Crippen LogP contribution in [0.1, 0.15) is 23.2 Å². The molecule has 4 heteroatoms. The largest absolute Gasteiger partial charge is 0.399 e. The Balaban J connectivity index is 1.88. The molecule has 1 aromatic carbocycles. The molecule has 3 rings (SSSR count). The lowest BCUT2D eigenvalue weighted by Gasteiger charge is -2.06. The van der Waals surface area contributed by atoms with E-state index >= 15 is 0 Å². The number of benzene rings is 1. The summed E-state index contributed by atoms with van der Waals surface area (Å²) in [7, 11) is 0. The fraction of sp³-hybridized carbons (Fsp3) is 0.200. The number of nitrogens with one attached hydrogen (secondary N) is 1. The van der Waals surface area contributed by atoms with Gasteiger partial charge < -0.3 is 11.1 Å². The molecule has 0 bridgehead atoms. The van der Waals surface area contributed by atoms with Crippen LogP contribution >= 0.6 is 0 Å². The van der Waals surface area contributed by atoms with Gasteiger partial charge in [0.25, 0.3) is 5.91 Å². The maximum Gasteiger partial charge on any atom is 0.251 e. The molecule has 1 amide bonds. The Labute approximate surface area is 111 Å². The Morgan fingerprint density at radius 1 is 1.26 bits per heavy atom. The molecule has 1 heterocycles. The summed E-state index contributed by atoms with van der Waals surface area (Å²) in [5, 5.41) is 2.97. The van der Waals surface area contributed by atoms with Gasteiger partial charge in [-0.15, -0.1) is 0 Å². The molecule has 0 radical (unpaired) electrons. The summed E-state index contributed by atoms with van der Waals surface area (Å²) < 4.78 is 0. The number of hydrogen-bond donors (Lipinski definition) is 2. The number of aromatic nitrogens is 1. The highest BCUT2D eigenvalue weighted by atomic mass is 16.1. The fourth-order valence-electron chi connectivity index (χ4n) is 1.92. The molecule has 0 spiro atoms. The first-order chi connectivity index (χ1) is 9.22. The minimum absolute atomic E-state index is 0.0324. The van der Waals surface area contributed by atoms with Crippen molar-refractivity contribution in [3.05, 3.63) is 48.2 Å². The van der Waals surface area contributed by atoms with Gasteiger partial charge in [0.1, 0.15) is 0 Å². The summed E-state index contributed by atoms with van der Waals surface area (Å²) in [6.45, 7) is 0. The van der Waals surface area contributed by atoms with Crippen LogP contribution in [0.4, 0.5) is 5.69 Å². The number of nitrogens with zero attached hydrogens (tertiary/aromatic N) is 1. The van der Waals surface area contributed by atoms with Gasteiger partial charge in [0.2, 0.25) is 0 Å². The highest BCUT2D eigenvalue weighted by molar-refractivity contribution is 5.95. The SMILES string of the molecule is Nc1cccc(-c2cc(C(=O)NC3CC3)ccn2)c1. The zero-order valence-corrected chi connectivity index (χ0v) is 10.5. The molecule has 0 aliphatic heterocycles. The molecule has 1 fully saturated rings. The van der Waals surface area contributed by atoms with E-state index in [0.29, 0.717) is 17.3 Å². The lowest BCUT2D eigenvalue weighted by atomic mass is 10.1. The number of pyridine rings is 1. The summed E-state index contributed by atoms with van der Waals surface area (Å²) in [4.78, 5) is 16.3. The maximum absolute atomic E-state index is 12.0. The molecule has 96 valence electrons. The van der Waals surface area contributed by atoms with E-state index in [0.717, 1.165) is 24.1 Å². The molecule has 4 nitrogen and oxygen atoms in total. The number of amides is 1. The molecule has 1 aliphatic rings. The van der Waals surface area contributed by atoms with Gasteiger partial charge in [-0.2, -0.15) is 0 Å². The van der Waals surface area contributed by atoms with Crippen molar-refractivity contribution in [2.75, 3.05) is 5.73 Å². The van der Waals surface area contributed by atoms with Gasteiger partial charge in [0.05, 0.1) is 5.69 Å². The summed E-state index contributed by atoms with van der Waals surface area (Å²) in [5.41, 5.74) is 8.76. The van der Waals surface area contributed by atoms with Crippen LogP contribution in [-0.4, -0.2) is 16.9 Å². The zero-order chi connectivity index (χ0) is 13.2. The molecule has 1 aliphatic carbocycles. The van der Waals surface area contributed by atoms with E-state index in [1.807, 2.05) is 24.3 Å². The number of nitrogens with two attached hydrogens (primary N) is 1. The lowest BCUT2D eigenvalue weighted by Crippen LogP contribution is -2.25. The first-order valence-corrected chi connectivity index (χ1v) is 6.35. The molecular formula is C15H15N3O. The second-order valence-corrected chi connectivity index (χ2v) is 4.80. The van der Waals surface area contributed by atoms with Crippen LogP contribution in [0.2, 0.25) is 0 Å². The third-order valence-electron chi connectivity index (χ3n) is 3.12. The first kappa shape index (κ1) is 11.7. The predicted octanol–water partition coefficient (Wildman–Crippen LogP) is 2.22. The number of carbonyl (C=O) groups is 1. The van der Waals surface area contributed by atoms with Crippen LogP contribution in [0.15, 0.2) is 42.6 Å². The Morgan fingerprint density at radius 3 is 2.84 bits per heavy atom.